The first kappa shape index (κ1) is 27.1. The Morgan fingerprint density at radius 1 is 0.947 bits per heavy atom. The van der Waals surface area contributed by atoms with E-state index in [9.17, 15) is 36.2 Å². The Hall–Kier alpha value is -2.49. The zero-order valence-electron chi connectivity index (χ0n) is 21.0. The largest absolute Gasteiger partial charge is 0.490 e. The molecule has 5 rings (SSSR count). The lowest BCUT2D eigenvalue weighted by atomic mass is 9.87. The summed E-state index contributed by atoms with van der Waals surface area (Å²) < 4.78 is 88.0. The number of carbonyl (C=O) groups is 1. The summed E-state index contributed by atoms with van der Waals surface area (Å²) in [7, 11) is 0. The van der Waals surface area contributed by atoms with Gasteiger partial charge >= 0.3 is 18.3 Å². The fourth-order valence-electron chi connectivity index (χ4n) is 6.87. The number of ether oxygens (including phenoxy) is 1. The Labute approximate surface area is 216 Å². The van der Waals surface area contributed by atoms with Gasteiger partial charge in [-0.1, -0.05) is 18.2 Å². The third-order valence-electron chi connectivity index (χ3n) is 8.79. The van der Waals surface area contributed by atoms with E-state index in [2.05, 4.69) is 4.90 Å². The lowest BCUT2D eigenvalue weighted by Gasteiger charge is -2.41. The van der Waals surface area contributed by atoms with Gasteiger partial charge in [0.1, 0.15) is 11.3 Å². The number of aliphatic carboxylic acids is 1. The number of alkyl halides is 6. The van der Waals surface area contributed by atoms with E-state index < -0.39 is 41.8 Å². The van der Waals surface area contributed by atoms with Crippen LogP contribution >= 0.6 is 0 Å². The third-order valence-corrected chi connectivity index (χ3v) is 8.79. The van der Waals surface area contributed by atoms with E-state index in [0.29, 0.717) is 23.8 Å². The van der Waals surface area contributed by atoms with Crippen LogP contribution in [0.25, 0.3) is 10.8 Å². The van der Waals surface area contributed by atoms with Crippen molar-refractivity contribution in [1.29, 1.82) is 0 Å². The molecule has 2 aliphatic heterocycles. The molecule has 0 spiro atoms. The Morgan fingerprint density at radius 2 is 1.55 bits per heavy atom. The van der Waals surface area contributed by atoms with E-state index in [4.69, 9.17) is 4.74 Å². The molecule has 3 aliphatic rings. The summed E-state index contributed by atoms with van der Waals surface area (Å²) in [6, 6.07) is 7.77. The average molecular weight is 544 g/mol. The number of piperidine rings is 1. The van der Waals surface area contributed by atoms with E-state index in [1.165, 1.54) is 6.07 Å². The summed E-state index contributed by atoms with van der Waals surface area (Å²) in [4.78, 5) is 13.8. The van der Waals surface area contributed by atoms with Crippen molar-refractivity contribution >= 4 is 16.7 Å². The molecule has 0 aromatic heterocycles. The van der Waals surface area contributed by atoms with Crippen LogP contribution in [0.1, 0.15) is 75.5 Å². The minimum absolute atomic E-state index is 0.00361. The molecule has 2 saturated heterocycles. The van der Waals surface area contributed by atoms with Crippen LogP contribution in [0.15, 0.2) is 30.3 Å². The van der Waals surface area contributed by atoms with Gasteiger partial charge in [0.05, 0.1) is 17.9 Å². The number of carboxylic acids is 1. The SMILES string of the molecule is C[C@@H](c1ccc2ccc(OC3CCC(C(F)(F)F)CC3)c(C(F)(F)F)c2c1)N1[C@@H]2CC[C@H]1CC(C(=O)O)C2. The molecule has 1 aliphatic carbocycles. The summed E-state index contributed by atoms with van der Waals surface area (Å²) in [5.74, 6) is -2.99. The smallest absolute Gasteiger partial charge is 0.420 e. The molecule has 0 radical (unpaired) electrons. The number of nitrogens with zero attached hydrogens (tertiary/aromatic N) is 1. The molecule has 1 unspecified atom stereocenters. The predicted octanol–water partition coefficient (Wildman–Crippen LogP) is 7.75. The van der Waals surface area contributed by atoms with Gasteiger partial charge in [-0.15, -0.1) is 0 Å². The normalized spacial score (nSPS) is 29.4. The molecule has 1 N–H and O–H groups in total. The molecular weight excluding hydrogens is 512 g/mol. The van der Waals surface area contributed by atoms with Crippen LogP contribution in [0.2, 0.25) is 0 Å². The van der Waals surface area contributed by atoms with Gasteiger partial charge in [0.15, 0.2) is 0 Å². The minimum atomic E-state index is -4.72. The molecular formula is C28H31F6NO3. The Kier molecular flexibility index (Phi) is 7.07. The number of fused-ring (bicyclic) bond motifs is 3. The van der Waals surface area contributed by atoms with E-state index in [-0.39, 0.29) is 54.9 Å². The van der Waals surface area contributed by atoms with Crippen LogP contribution in [0.4, 0.5) is 26.3 Å². The van der Waals surface area contributed by atoms with E-state index >= 15 is 0 Å². The number of hydrogen-bond acceptors (Lipinski definition) is 3. The fraction of sp³-hybridized carbons (Fsp3) is 0.607. The maximum Gasteiger partial charge on any atom is 0.420 e. The lowest BCUT2D eigenvalue weighted by Crippen LogP contribution is -2.45. The highest BCUT2D eigenvalue weighted by atomic mass is 19.4. The van der Waals surface area contributed by atoms with Crippen LogP contribution in [0.5, 0.6) is 5.75 Å². The molecule has 4 atom stereocenters. The van der Waals surface area contributed by atoms with Gasteiger partial charge in [-0.25, -0.2) is 0 Å². The van der Waals surface area contributed by atoms with Gasteiger partial charge in [0.2, 0.25) is 0 Å². The summed E-state index contributed by atoms with van der Waals surface area (Å²) in [6.07, 6.45) is -7.16. The summed E-state index contributed by atoms with van der Waals surface area (Å²) in [5.41, 5.74) is -0.203. The van der Waals surface area contributed by atoms with Crippen molar-refractivity contribution in [3.63, 3.8) is 0 Å². The topological polar surface area (TPSA) is 49.8 Å². The molecule has 208 valence electrons. The first-order valence-corrected chi connectivity index (χ1v) is 13.2. The zero-order valence-corrected chi connectivity index (χ0v) is 21.0. The van der Waals surface area contributed by atoms with Gasteiger partial charge < -0.3 is 9.84 Å². The summed E-state index contributed by atoms with van der Waals surface area (Å²) >= 11 is 0. The third kappa shape index (κ3) is 5.20. The number of rotatable bonds is 5. The Morgan fingerprint density at radius 3 is 2.11 bits per heavy atom. The van der Waals surface area contributed by atoms with Gasteiger partial charge in [0.25, 0.3) is 0 Å². The van der Waals surface area contributed by atoms with Crippen LogP contribution in [-0.2, 0) is 11.0 Å². The van der Waals surface area contributed by atoms with Crippen molar-refractivity contribution in [3.8, 4) is 5.75 Å². The maximum absolute atomic E-state index is 14.4. The highest BCUT2D eigenvalue weighted by molar-refractivity contribution is 5.89. The zero-order chi connectivity index (χ0) is 27.4. The standard InChI is InChI=1S/C28H31F6NO3/c1-15(35-20-7-8-21(35)13-18(12-20)26(36)37)17-3-2-16-4-11-24(25(23(16)14-17)28(32,33)34)38-22-9-5-19(6-10-22)27(29,30)31/h2-4,11,14-15,18-22H,5-10,12-13H2,1H3,(H,36,37)/t15-,18?,19?,20-,21+,22?/m0/s1. The summed E-state index contributed by atoms with van der Waals surface area (Å²) in [6.45, 7) is 1.94. The van der Waals surface area contributed by atoms with Gasteiger partial charge in [-0.05, 0) is 86.8 Å². The first-order chi connectivity index (χ1) is 17.8. The molecule has 10 heteroatoms. The monoisotopic (exact) mass is 543 g/mol. The molecule has 2 aromatic carbocycles. The quantitative estimate of drug-likeness (QED) is 0.392. The van der Waals surface area contributed by atoms with E-state index in [0.717, 1.165) is 12.8 Å². The molecule has 1 saturated carbocycles. The van der Waals surface area contributed by atoms with Crippen molar-refractivity contribution in [2.75, 3.05) is 0 Å². The molecule has 4 nitrogen and oxygen atoms in total. The van der Waals surface area contributed by atoms with Crippen LogP contribution in [0, 0.1) is 11.8 Å². The van der Waals surface area contributed by atoms with Crippen molar-refractivity contribution in [3.05, 3.63) is 41.5 Å². The number of carboxylic acid groups (broad SMARTS) is 1. The number of benzene rings is 2. The van der Waals surface area contributed by atoms with Crippen LogP contribution in [0.3, 0.4) is 0 Å². The molecule has 3 fully saturated rings. The first-order valence-electron chi connectivity index (χ1n) is 13.2. The van der Waals surface area contributed by atoms with Crippen molar-refractivity contribution < 1.29 is 41.0 Å². The van der Waals surface area contributed by atoms with Gasteiger partial charge in [0, 0.05) is 18.1 Å². The minimum Gasteiger partial charge on any atom is -0.490 e. The predicted molar refractivity (Wildman–Crippen MR) is 129 cm³/mol. The lowest BCUT2D eigenvalue weighted by molar-refractivity contribution is -0.185. The Bertz CT molecular complexity index is 1170. The highest BCUT2D eigenvalue weighted by Crippen LogP contribution is 2.47. The second-order valence-electron chi connectivity index (χ2n) is 11.1. The van der Waals surface area contributed by atoms with E-state index in [1.54, 1.807) is 18.2 Å². The van der Waals surface area contributed by atoms with Gasteiger partial charge in [-0.2, -0.15) is 26.3 Å². The van der Waals surface area contributed by atoms with E-state index in [1.807, 2.05) is 13.0 Å². The highest BCUT2D eigenvalue weighted by Gasteiger charge is 2.46. The maximum atomic E-state index is 14.4. The number of hydrogen-bond donors (Lipinski definition) is 1. The number of halogens is 6. The molecule has 0 amide bonds. The molecule has 2 aromatic rings. The fourth-order valence-corrected chi connectivity index (χ4v) is 6.87. The van der Waals surface area contributed by atoms with Crippen LogP contribution in [-0.4, -0.2) is 40.3 Å². The molecule has 2 heterocycles. The van der Waals surface area contributed by atoms with Gasteiger partial charge in [-0.3, -0.25) is 9.69 Å². The molecule has 38 heavy (non-hydrogen) atoms. The second kappa shape index (κ2) is 9.92. The second-order valence-corrected chi connectivity index (χ2v) is 11.1. The molecule has 2 bridgehead atoms. The Balaban J connectivity index is 1.43. The van der Waals surface area contributed by atoms with Crippen LogP contribution < -0.4 is 4.74 Å². The van der Waals surface area contributed by atoms with Crippen molar-refractivity contribution in [2.45, 2.75) is 94.9 Å². The van der Waals surface area contributed by atoms with Crippen molar-refractivity contribution in [2.24, 2.45) is 11.8 Å². The van der Waals surface area contributed by atoms with Crippen molar-refractivity contribution in [1.82, 2.24) is 4.90 Å². The summed E-state index contributed by atoms with van der Waals surface area (Å²) in [5, 5.41) is 9.87. The average Bonchev–Trinajstić information content (AvgIpc) is 3.10.